The predicted octanol–water partition coefficient (Wildman–Crippen LogP) is 0.922. The number of ether oxygens (including phenoxy) is 1. The maximum atomic E-state index is 8.27. The molecule has 0 aliphatic carbocycles. The van der Waals surface area contributed by atoms with Gasteiger partial charge in [0, 0.05) is 6.08 Å². The molecule has 0 radical (unpaired) electrons. The van der Waals surface area contributed by atoms with Gasteiger partial charge >= 0.3 is 0 Å². The predicted molar refractivity (Wildman–Crippen MR) is 40.2 cm³/mol. The van der Waals surface area contributed by atoms with Crippen molar-refractivity contribution in [1.29, 1.82) is 0 Å². The van der Waals surface area contributed by atoms with Crippen molar-refractivity contribution in [3.63, 3.8) is 0 Å². The Kier molecular flexibility index (Phi) is 5.60. The van der Waals surface area contributed by atoms with Crippen LogP contribution in [-0.4, -0.2) is 18.3 Å². The average molecular weight is 140 g/mol. The lowest BCUT2D eigenvalue weighted by molar-refractivity contribution is 0.232. The number of allylic oxidation sites excluding steroid dienone is 2. The van der Waals surface area contributed by atoms with Gasteiger partial charge in [-0.05, 0) is 13.8 Å². The molecule has 1 N–H and O–H groups in total. The molecular formula is C8H12O2. The normalized spacial score (nSPS) is 10.1. The van der Waals surface area contributed by atoms with Crippen LogP contribution in [0.15, 0.2) is 11.8 Å². The molecule has 0 amide bonds. The summed E-state index contributed by atoms with van der Waals surface area (Å²) >= 11 is 0. The smallest absolute Gasteiger partial charge is 0.104 e. The van der Waals surface area contributed by atoms with Crippen LogP contribution < -0.4 is 0 Å². The quantitative estimate of drug-likeness (QED) is 0.456. The van der Waals surface area contributed by atoms with Gasteiger partial charge in [0.2, 0.25) is 0 Å². The van der Waals surface area contributed by atoms with E-state index in [0.29, 0.717) is 6.61 Å². The number of aliphatic hydroxyl groups is 1. The van der Waals surface area contributed by atoms with Crippen LogP contribution >= 0.6 is 0 Å². The van der Waals surface area contributed by atoms with Gasteiger partial charge < -0.3 is 9.84 Å². The van der Waals surface area contributed by atoms with Crippen molar-refractivity contribution in [1.82, 2.24) is 0 Å². The molecule has 2 nitrogen and oxygen atoms in total. The first-order valence-corrected chi connectivity index (χ1v) is 3.20. The van der Waals surface area contributed by atoms with Crippen LogP contribution in [0.5, 0.6) is 0 Å². The first-order valence-electron chi connectivity index (χ1n) is 3.20. The third-order valence-corrected chi connectivity index (χ3v) is 0.829. The lowest BCUT2D eigenvalue weighted by Crippen LogP contribution is -1.84. The van der Waals surface area contributed by atoms with E-state index in [0.717, 1.165) is 5.76 Å². The molecule has 2 heteroatoms. The highest BCUT2D eigenvalue weighted by Crippen LogP contribution is 1.91. The van der Waals surface area contributed by atoms with Gasteiger partial charge in [-0.3, -0.25) is 0 Å². The highest BCUT2D eigenvalue weighted by Gasteiger charge is 1.80. The van der Waals surface area contributed by atoms with E-state index in [1.165, 1.54) is 0 Å². The number of hydrogen-bond donors (Lipinski definition) is 1. The molecule has 56 valence electrons. The molecule has 0 spiro atoms. The Morgan fingerprint density at radius 3 is 2.90 bits per heavy atom. The molecule has 0 saturated carbocycles. The minimum absolute atomic E-state index is 0.101. The molecule has 0 unspecified atom stereocenters. The van der Waals surface area contributed by atoms with Crippen LogP contribution in [0.3, 0.4) is 0 Å². The second-order valence-electron chi connectivity index (χ2n) is 1.67. The van der Waals surface area contributed by atoms with Crippen molar-refractivity contribution in [3.05, 3.63) is 11.8 Å². The van der Waals surface area contributed by atoms with Gasteiger partial charge in [-0.2, -0.15) is 0 Å². The van der Waals surface area contributed by atoms with Crippen LogP contribution in [-0.2, 0) is 4.74 Å². The topological polar surface area (TPSA) is 29.5 Å². The molecule has 0 aromatic carbocycles. The SMILES string of the molecule is CCO/C(C)=C/C#CCO. The zero-order chi connectivity index (χ0) is 7.82. The second-order valence-corrected chi connectivity index (χ2v) is 1.67. The Morgan fingerprint density at radius 1 is 1.70 bits per heavy atom. The average Bonchev–Trinajstić information content (AvgIpc) is 1.89. The molecule has 0 heterocycles. The molecule has 0 rings (SSSR count). The highest BCUT2D eigenvalue weighted by atomic mass is 16.5. The van der Waals surface area contributed by atoms with E-state index >= 15 is 0 Å². The Hall–Kier alpha value is -0.940. The fourth-order valence-corrected chi connectivity index (χ4v) is 0.468. The van der Waals surface area contributed by atoms with Crippen molar-refractivity contribution in [3.8, 4) is 11.8 Å². The summed E-state index contributed by atoms with van der Waals surface area (Å²) in [6.07, 6.45) is 1.64. The minimum Gasteiger partial charge on any atom is -0.498 e. The summed E-state index contributed by atoms with van der Waals surface area (Å²) in [5.74, 6) is 5.90. The molecule has 0 aliphatic rings. The standard InChI is InChI=1S/C8H12O2/c1-3-10-8(2)6-4-5-7-9/h6,9H,3,7H2,1-2H3/b8-6+. The van der Waals surface area contributed by atoms with Gasteiger partial charge in [0.05, 0.1) is 6.61 Å². The van der Waals surface area contributed by atoms with Crippen molar-refractivity contribution < 1.29 is 9.84 Å². The Labute approximate surface area is 61.5 Å². The summed E-state index contributed by atoms with van der Waals surface area (Å²) in [4.78, 5) is 0. The van der Waals surface area contributed by atoms with E-state index in [2.05, 4.69) is 11.8 Å². The number of aliphatic hydroxyl groups excluding tert-OH is 1. The maximum Gasteiger partial charge on any atom is 0.104 e. The van der Waals surface area contributed by atoms with Crippen LogP contribution in [0.1, 0.15) is 13.8 Å². The van der Waals surface area contributed by atoms with Crippen LogP contribution in [0, 0.1) is 11.8 Å². The first kappa shape index (κ1) is 9.06. The van der Waals surface area contributed by atoms with Crippen LogP contribution in [0.25, 0.3) is 0 Å². The zero-order valence-corrected chi connectivity index (χ0v) is 6.35. The van der Waals surface area contributed by atoms with Gasteiger partial charge in [0.1, 0.15) is 12.4 Å². The summed E-state index contributed by atoms with van der Waals surface area (Å²) in [6.45, 7) is 4.30. The maximum absolute atomic E-state index is 8.27. The van der Waals surface area contributed by atoms with Crippen molar-refractivity contribution >= 4 is 0 Å². The lowest BCUT2D eigenvalue weighted by Gasteiger charge is -1.97. The van der Waals surface area contributed by atoms with Crippen LogP contribution in [0.4, 0.5) is 0 Å². The second kappa shape index (κ2) is 6.18. The molecule has 0 atom stereocenters. The van der Waals surface area contributed by atoms with Crippen LogP contribution in [0.2, 0.25) is 0 Å². The summed E-state index contributed by atoms with van der Waals surface area (Å²) in [6, 6.07) is 0. The summed E-state index contributed by atoms with van der Waals surface area (Å²) < 4.78 is 5.07. The summed E-state index contributed by atoms with van der Waals surface area (Å²) in [5, 5.41) is 8.27. The van der Waals surface area contributed by atoms with Crippen molar-refractivity contribution in [2.45, 2.75) is 13.8 Å². The fraction of sp³-hybridized carbons (Fsp3) is 0.500. The van der Waals surface area contributed by atoms with Gasteiger partial charge in [0.25, 0.3) is 0 Å². The molecule has 0 aromatic rings. The Morgan fingerprint density at radius 2 is 2.40 bits per heavy atom. The van der Waals surface area contributed by atoms with Crippen molar-refractivity contribution in [2.24, 2.45) is 0 Å². The van der Waals surface area contributed by atoms with E-state index in [9.17, 15) is 0 Å². The molecule has 10 heavy (non-hydrogen) atoms. The van der Waals surface area contributed by atoms with Gasteiger partial charge in [0.15, 0.2) is 0 Å². The molecular weight excluding hydrogens is 128 g/mol. The fourth-order valence-electron chi connectivity index (χ4n) is 0.468. The number of rotatable bonds is 2. The minimum atomic E-state index is -0.101. The van der Waals surface area contributed by atoms with Crippen molar-refractivity contribution in [2.75, 3.05) is 13.2 Å². The first-order chi connectivity index (χ1) is 4.81. The van der Waals surface area contributed by atoms with Gasteiger partial charge in [-0.1, -0.05) is 11.8 Å². The van der Waals surface area contributed by atoms with E-state index in [1.54, 1.807) is 6.08 Å². The van der Waals surface area contributed by atoms with E-state index < -0.39 is 0 Å². The molecule has 0 saturated heterocycles. The monoisotopic (exact) mass is 140 g/mol. The Balaban J connectivity index is 3.67. The Bertz CT molecular complexity index is 160. The molecule has 0 aliphatic heterocycles. The lowest BCUT2D eigenvalue weighted by atomic mass is 10.4. The van der Waals surface area contributed by atoms with E-state index in [1.807, 2.05) is 13.8 Å². The van der Waals surface area contributed by atoms with Gasteiger partial charge in [-0.15, -0.1) is 0 Å². The van der Waals surface area contributed by atoms with Gasteiger partial charge in [-0.25, -0.2) is 0 Å². The molecule has 0 aromatic heterocycles. The summed E-state index contributed by atoms with van der Waals surface area (Å²) in [7, 11) is 0. The number of hydrogen-bond acceptors (Lipinski definition) is 2. The largest absolute Gasteiger partial charge is 0.498 e. The van der Waals surface area contributed by atoms with E-state index in [-0.39, 0.29) is 6.61 Å². The molecule has 0 fully saturated rings. The third-order valence-electron chi connectivity index (χ3n) is 0.829. The van der Waals surface area contributed by atoms with E-state index in [4.69, 9.17) is 9.84 Å². The third kappa shape index (κ3) is 5.20. The highest BCUT2D eigenvalue weighted by molar-refractivity contribution is 5.17. The zero-order valence-electron chi connectivity index (χ0n) is 6.35. The molecule has 0 bridgehead atoms. The summed E-state index contributed by atoms with van der Waals surface area (Å²) in [5.41, 5.74) is 0.